The first-order chi connectivity index (χ1) is 10.3. The maximum absolute atomic E-state index is 6.46. The second kappa shape index (κ2) is 5.94. The van der Waals surface area contributed by atoms with Gasteiger partial charge in [-0.2, -0.15) is 0 Å². The quantitative estimate of drug-likeness (QED) is 0.721. The molecular formula is C16H32B2O4S. The van der Waals surface area contributed by atoms with E-state index in [9.17, 15) is 0 Å². The molecule has 3 atom stereocenters. The van der Waals surface area contributed by atoms with Crippen LogP contribution < -0.4 is 0 Å². The fourth-order valence-corrected chi connectivity index (χ4v) is 4.31. The second-order valence-electron chi connectivity index (χ2n) is 8.56. The van der Waals surface area contributed by atoms with E-state index in [2.05, 4.69) is 62.3 Å². The van der Waals surface area contributed by atoms with Gasteiger partial charge in [-0.3, -0.25) is 0 Å². The predicted octanol–water partition coefficient (Wildman–Crippen LogP) is 4.04. The Hall–Kier alpha value is 0.320. The van der Waals surface area contributed by atoms with Crippen molar-refractivity contribution in [2.24, 2.45) is 5.92 Å². The highest BCUT2D eigenvalue weighted by Gasteiger charge is 2.66. The molecule has 0 aromatic heterocycles. The molecule has 2 aliphatic heterocycles. The van der Waals surface area contributed by atoms with Gasteiger partial charge in [-0.05, 0) is 53.6 Å². The van der Waals surface area contributed by atoms with E-state index in [1.165, 1.54) is 0 Å². The van der Waals surface area contributed by atoms with Gasteiger partial charge in [0, 0.05) is 5.92 Å². The lowest BCUT2D eigenvalue weighted by molar-refractivity contribution is -0.143. The summed E-state index contributed by atoms with van der Waals surface area (Å²) >= 11 is 1.58. The van der Waals surface area contributed by atoms with Crippen LogP contribution in [0.2, 0.25) is 5.82 Å². The van der Waals surface area contributed by atoms with E-state index in [0.717, 1.165) is 0 Å². The molecule has 132 valence electrons. The maximum atomic E-state index is 6.46. The van der Waals surface area contributed by atoms with Crippen LogP contribution in [-0.2, 0) is 18.6 Å². The van der Waals surface area contributed by atoms with E-state index >= 15 is 0 Å². The van der Waals surface area contributed by atoms with Crippen molar-refractivity contribution in [3.05, 3.63) is 0 Å². The third-order valence-electron chi connectivity index (χ3n) is 6.28. The van der Waals surface area contributed by atoms with Crippen LogP contribution in [-0.4, -0.2) is 42.2 Å². The minimum absolute atomic E-state index is 0.0842. The Bertz CT molecular complexity index is 459. The molecule has 0 aromatic rings. The molecule has 2 heterocycles. The largest absolute Gasteiger partial charge is 0.532 e. The summed E-state index contributed by atoms with van der Waals surface area (Å²) in [7, 11) is -0.192. The molecule has 2 saturated heterocycles. The summed E-state index contributed by atoms with van der Waals surface area (Å²) in [6.07, 6.45) is 1.76. The first-order valence-corrected chi connectivity index (χ1v) is 9.83. The number of hydrogen-bond donors (Lipinski definition) is 0. The van der Waals surface area contributed by atoms with Crippen molar-refractivity contribution in [3.8, 4) is 0 Å². The molecule has 0 aromatic carbocycles. The van der Waals surface area contributed by atoms with Crippen molar-refractivity contribution in [1.82, 2.24) is 0 Å². The van der Waals surface area contributed by atoms with Crippen molar-refractivity contribution >= 4 is 25.1 Å². The fraction of sp³-hybridized carbons (Fsp3) is 1.00. The summed E-state index contributed by atoms with van der Waals surface area (Å²) < 4.78 is 25.2. The third-order valence-corrected chi connectivity index (χ3v) is 6.86. The van der Waals surface area contributed by atoms with Crippen molar-refractivity contribution in [2.75, 3.05) is 6.26 Å². The van der Waals surface area contributed by atoms with Crippen LogP contribution in [0, 0.1) is 5.92 Å². The summed E-state index contributed by atoms with van der Waals surface area (Å²) in [5.74, 6) is 0.393. The second-order valence-corrected chi connectivity index (χ2v) is 9.42. The van der Waals surface area contributed by atoms with Crippen molar-refractivity contribution in [2.45, 2.75) is 90.5 Å². The number of rotatable bonds is 4. The Morgan fingerprint density at radius 3 is 1.61 bits per heavy atom. The van der Waals surface area contributed by atoms with Crippen LogP contribution in [0.3, 0.4) is 0 Å². The summed E-state index contributed by atoms with van der Waals surface area (Å²) in [6.45, 7) is 19.2. The average Bonchev–Trinajstić information content (AvgIpc) is 2.81. The van der Waals surface area contributed by atoms with Crippen LogP contribution in [0.25, 0.3) is 0 Å². The SMILES string of the molecule is CSB1OC(C)(C)C(C)(C(C)C2(C)OB(C(C)C)OC2(C)C)O1. The molecular weight excluding hydrogens is 310 g/mol. The maximum Gasteiger partial charge on any atom is 0.532 e. The summed E-state index contributed by atoms with van der Waals surface area (Å²) in [6, 6.07) is 0. The normalized spacial score (nSPS) is 37.7. The third kappa shape index (κ3) is 2.91. The summed E-state index contributed by atoms with van der Waals surface area (Å²) in [5.41, 5.74) is -1.74. The lowest BCUT2D eigenvalue weighted by atomic mass is 9.65. The molecule has 2 rings (SSSR count). The lowest BCUT2D eigenvalue weighted by Crippen LogP contribution is -2.62. The average molecular weight is 342 g/mol. The van der Waals surface area contributed by atoms with Gasteiger partial charge < -0.3 is 18.6 Å². The first-order valence-electron chi connectivity index (χ1n) is 8.55. The van der Waals surface area contributed by atoms with Crippen molar-refractivity contribution in [3.63, 3.8) is 0 Å². The van der Waals surface area contributed by atoms with Crippen LogP contribution in [0.1, 0.15) is 62.3 Å². The van der Waals surface area contributed by atoms with Crippen molar-refractivity contribution in [1.29, 1.82) is 0 Å². The zero-order chi connectivity index (χ0) is 17.8. The zero-order valence-corrected chi connectivity index (χ0v) is 17.2. The molecule has 0 N–H and O–H groups in total. The Labute approximate surface area is 146 Å². The molecule has 0 bridgehead atoms. The van der Waals surface area contributed by atoms with E-state index in [4.69, 9.17) is 18.6 Å². The molecule has 0 saturated carbocycles. The van der Waals surface area contributed by atoms with Crippen LogP contribution >= 0.6 is 11.6 Å². The van der Waals surface area contributed by atoms with Gasteiger partial charge in [-0.1, -0.05) is 20.8 Å². The van der Waals surface area contributed by atoms with Crippen LogP contribution in [0.4, 0.5) is 0 Å². The van der Waals surface area contributed by atoms with E-state index in [1.54, 1.807) is 11.6 Å². The Kier molecular flexibility index (Phi) is 5.07. The predicted molar refractivity (Wildman–Crippen MR) is 98.6 cm³/mol. The molecule has 2 aliphatic rings. The first kappa shape index (κ1) is 19.6. The van der Waals surface area contributed by atoms with Gasteiger partial charge >= 0.3 is 13.5 Å². The highest BCUT2D eigenvalue weighted by atomic mass is 32.2. The number of hydrogen-bond acceptors (Lipinski definition) is 5. The van der Waals surface area contributed by atoms with Crippen molar-refractivity contribution < 1.29 is 18.6 Å². The zero-order valence-electron chi connectivity index (χ0n) is 16.4. The van der Waals surface area contributed by atoms with E-state index in [0.29, 0.717) is 5.82 Å². The topological polar surface area (TPSA) is 36.9 Å². The monoisotopic (exact) mass is 342 g/mol. The smallest absolute Gasteiger partial charge is 0.403 e. The molecule has 0 spiro atoms. The van der Waals surface area contributed by atoms with Gasteiger partial charge in [0.2, 0.25) is 0 Å². The summed E-state index contributed by atoms with van der Waals surface area (Å²) in [4.78, 5) is 0. The minimum atomic E-state index is -0.470. The molecule has 0 amide bonds. The van der Waals surface area contributed by atoms with Gasteiger partial charge in [-0.25, -0.2) is 0 Å². The molecule has 0 radical (unpaired) electrons. The lowest BCUT2D eigenvalue weighted by Gasteiger charge is -2.51. The molecule has 7 heteroatoms. The Balaban J connectivity index is 2.36. The van der Waals surface area contributed by atoms with Crippen LogP contribution in [0.5, 0.6) is 0 Å². The van der Waals surface area contributed by atoms with Gasteiger partial charge in [0.15, 0.2) is 0 Å². The van der Waals surface area contributed by atoms with E-state index in [-0.39, 0.29) is 19.4 Å². The van der Waals surface area contributed by atoms with Crippen LogP contribution in [0.15, 0.2) is 0 Å². The molecule has 23 heavy (non-hydrogen) atoms. The molecule has 3 unspecified atom stereocenters. The van der Waals surface area contributed by atoms with Gasteiger partial charge in [0.05, 0.1) is 22.4 Å². The Morgan fingerprint density at radius 1 is 0.739 bits per heavy atom. The van der Waals surface area contributed by atoms with E-state index in [1.807, 2.05) is 6.26 Å². The Morgan fingerprint density at radius 2 is 1.22 bits per heavy atom. The fourth-order valence-electron chi connectivity index (χ4n) is 3.68. The standard InChI is InChI=1S/C16H32B2O4S/c1-11(2)17-19-13(4,5)15(8,21-17)12(3)16(9)14(6,7)20-18(22-16)23-10/h11-12H,1-10H3. The van der Waals surface area contributed by atoms with Gasteiger partial charge in [0.1, 0.15) is 0 Å². The van der Waals surface area contributed by atoms with Gasteiger partial charge in [-0.15, -0.1) is 11.6 Å². The minimum Gasteiger partial charge on any atom is -0.403 e. The summed E-state index contributed by atoms with van der Waals surface area (Å²) in [5, 5.41) is 0. The highest BCUT2D eigenvalue weighted by molar-refractivity contribution is 8.23. The van der Waals surface area contributed by atoms with E-state index < -0.39 is 22.4 Å². The highest BCUT2D eigenvalue weighted by Crippen LogP contribution is 2.54. The van der Waals surface area contributed by atoms with Gasteiger partial charge in [0.25, 0.3) is 0 Å². The molecule has 0 aliphatic carbocycles. The molecule has 2 fully saturated rings. The molecule has 4 nitrogen and oxygen atoms in total.